The zero-order valence-corrected chi connectivity index (χ0v) is 13.0. The summed E-state index contributed by atoms with van der Waals surface area (Å²) in [5.41, 5.74) is 1.47. The highest BCUT2D eigenvalue weighted by molar-refractivity contribution is 5.92. The molecule has 6 heteroatoms. The third-order valence-corrected chi connectivity index (χ3v) is 4.37. The molecule has 1 saturated heterocycles. The molecule has 0 bridgehead atoms. The van der Waals surface area contributed by atoms with Gasteiger partial charge in [-0.25, -0.2) is 4.39 Å². The van der Waals surface area contributed by atoms with Gasteiger partial charge >= 0.3 is 0 Å². The Morgan fingerprint density at radius 1 is 1.39 bits per heavy atom. The predicted molar refractivity (Wildman–Crippen MR) is 83.5 cm³/mol. The normalized spacial score (nSPS) is 21.4. The summed E-state index contributed by atoms with van der Waals surface area (Å²) in [4.78, 5) is 14.6. The standard InChI is InChI=1S/C17H20FN3O2/c1-23-16-3-2-10-21(17(22)14-8-9-19-20-14)15(16)11-12-4-6-13(18)7-5-12/h4-9,15-16H,2-3,10-11H2,1H3,(H,19,20)/t15-,16-/m0/s1. The predicted octanol–water partition coefficient (Wildman–Crippen LogP) is 2.41. The van der Waals surface area contributed by atoms with Crippen LogP contribution in [0.4, 0.5) is 4.39 Å². The van der Waals surface area contributed by atoms with E-state index in [1.807, 2.05) is 4.90 Å². The second kappa shape index (κ2) is 6.91. The fraction of sp³-hybridized carbons (Fsp3) is 0.412. The Hall–Kier alpha value is -2.21. The number of aromatic amines is 1. The number of hydrogen-bond donors (Lipinski definition) is 1. The number of likely N-dealkylation sites (tertiary alicyclic amines) is 1. The molecule has 1 aliphatic heterocycles. The molecule has 1 N–H and O–H groups in total. The molecule has 0 radical (unpaired) electrons. The van der Waals surface area contributed by atoms with E-state index in [0.29, 0.717) is 18.7 Å². The quantitative estimate of drug-likeness (QED) is 0.942. The van der Waals surface area contributed by atoms with Gasteiger partial charge in [-0.3, -0.25) is 9.89 Å². The van der Waals surface area contributed by atoms with E-state index in [-0.39, 0.29) is 23.9 Å². The molecule has 1 amide bonds. The van der Waals surface area contributed by atoms with Crippen LogP contribution >= 0.6 is 0 Å². The van der Waals surface area contributed by atoms with Crippen LogP contribution in [0.3, 0.4) is 0 Å². The number of halogens is 1. The van der Waals surface area contributed by atoms with E-state index in [9.17, 15) is 9.18 Å². The van der Waals surface area contributed by atoms with Crippen LogP contribution < -0.4 is 0 Å². The first-order valence-corrected chi connectivity index (χ1v) is 7.76. The SMILES string of the molecule is CO[C@H]1CCCN(C(=O)c2ccn[nH]2)[C@H]1Cc1ccc(F)cc1. The first-order valence-electron chi connectivity index (χ1n) is 7.76. The number of hydrogen-bond acceptors (Lipinski definition) is 3. The number of nitrogens with one attached hydrogen (secondary N) is 1. The van der Waals surface area contributed by atoms with Crippen LogP contribution in [0.25, 0.3) is 0 Å². The number of ether oxygens (including phenoxy) is 1. The highest BCUT2D eigenvalue weighted by Crippen LogP contribution is 2.25. The van der Waals surface area contributed by atoms with Gasteiger partial charge in [0.2, 0.25) is 0 Å². The lowest BCUT2D eigenvalue weighted by Crippen LogP contribution is -2.52. The number of carbonyl (C=O) groups is 1. The topological polar surface area (TPSA) is 58.2 Å². The Labute approximate surface area is 134 Å². The molecular weight excluding hydrogens is 297 g/mol. The fourth-order valence-corrected chi connectivity index (χ4v) is 3.18. The summed E-state index contributed by atoms with van der Waals surface area (Å²) in [6.45, 7) is 0.684. The maximum absolute atomic E-state index is 13.1. The second-order valence-corrected chi connectivity index (χ2v) is 5.78. The van der Waals surface area contributed by atoms with E-state index in [0.717, 1.165) is 18.4 Å². The number of rotatable bonds is 4. The molecule has 1 aromatic heterocycles. The molecule has 2 aromatic rings. The Balaban J connectivity index is 1.83. The van der Waals surface area contributed by atoms with Crippen molar-refractivity contribution in [3.63, 3.8) is 0 Å². The summed E-state index contributed by atoms with van der Waals surface area (Å²) in [6, 6.07) is 8.01. The highest BCUT2D eigenvalue weighted by Gasteiger charge is 2.35. The first-order chi connectivity index (χ1) is 11.2. The largest absolute Gasteiger partial charge is 0.379 e. The van der Waals surface area contributed by atoms with Crippen molar-refractivity contribution in [2.75, 3.05) is 13.7 Å². The summed E-state index contributed by atoms with van der Waals surface area (Å²) < 4.78 is 18.7. The monoisotopic (exact) mass is 317 g/mol. The molecule has 3 rings (SSSR count). The van der Waals surface area contributed by atoms with E-state index in [1.54, 1.807) is 31.5 Å². The maximum Gasteiger partial charge on any atom is 0.272 e. The van der Waals surface area contributed by atoms with Gasteiger partial charge in [0.25, 0.3) is 5.91 Å². The second-order valence-electron chi connectivity index (χ2n) is 5.78. The molecule has 5 nitrogen and oxygen atoms in total. The van der Waals surface area contributed by atoms with E-state index >= 15 is 0 Å². The third-order valence-electron chi connectivity index (χ3n) is 4.37. The Morgan fingerprint density at radius 2 is 2.17 bits per heavy atom. The fourth-order valence-electron chi connectivity index (χ4n) is 3.18. The minimum atomic E-state index is -0.258. The lowest BCUT2D eigenvalue weighted by molar-refractivity contribution is -0.0120. The number of methoxy groups -OCH3 is 1. The zero-order valence-electron chi connectivity index (χ0n) is 13.0. The number of amides is 1. The number of nitrogens with zero attached hydrogens (tertiary/aromatic N) is 2. The van der Waals surface area contributed by atoms with E-state index in [2.05, 4.69) is 10.2 Å². The molecule has 0 aliphatic carbocycles. The molecule has 1 fully saturated rings. The number of benzene rings is 1. The van der Waals surface area contributed by atoms with Gasteiger partial charge in [-0.1, -0.05) is 12.1 Å². The van der Waals surface area contributed by atoms with Crippen LogP contribution in [-0.2, 0) is 11.2 Å². The van der Waals surface area contributed by atoms with Gasteiger partial charge in [-0.05, 0) is 43.0 Å². The average Bonchev–Trinajstić information content (AvgIpc) is 3.11. The van der Waals surface area contributed by atoms with Crippen molar-refractivity contribution >= 4 is 5.91 Å². The minimum absolute atomic E-state index is 0.0272. The third kappa shape index (κ3) is 3.42. The van der Waals surface area contributed by atoms with Crippen molar-refractivity contribution in [3.05, 3.63) is 53.6 Å². The van der Waals surface area contributed by atoms with Crippen molar-refractivity contribution in [2.45, 2.75) is 31.4 Å². The molecule has 2 heterocycles. The minimum Gasteiger partial charge on any atom is -0.379 e. The maximum atomic E-state index is 13.1. The van der Waals surface area contributed by atoms with E-state index in [4.69, 9.17) is 4.74 Å². The summed E-state index contributed by atoms with van der Waals surface area (Å²) in [5, 5.41) is 6.58. The summed E-state index contributed by atoms with van der Waals surface area (Å²) in [6.07, 6.45) is 3.99. The smallest absolute Gasteiger partial charge is 0.272 e. The van der Waals surface area contributed by atoms with Gasteiger partial charge in [0.05, 0.1) is 12.1 Å². The molecule has 0 unspecified atom stereocenters. The molecule has 1 aromatic carbocycles. The van der Waals surface area contributed by atoms with E-state index in [1.165, 1.54) is 12.1 Å². The van der Waals surface area contributed by atoms with Crippen LogP contribution in [0.15, 0.2) is 36.5 Å². The lowest BCUT2D eigenvalue weighted by Gasteiger charge is -2.40. The van der Waals surface area contributed by atoms with Crippen LogP contribution in [0, 0.1) is 5.82 Å². The van der Waals surface area contributed by atoms with Crippen LogP contribution in [0.2, 0.25) is 0 Å². The van der Waals surface area contributed by atoms with Crippen molar-refractivity contribution in [1.82, 2.24) is 15.1 Å². The van der Waals surface area contributed by atoms with Gasteiger partial charge in [-0.2, -0.15) is 5.10 Å². The van der Waals surface area contributed by atoms with Gasteiger partial charge < -0.3 is 9.64 Å². The van der Waals surface area contributed by atoms with Crippen LogP contribution in [0.5, 0.6) is 0 Å². The van der Waals surface area contributed by atoms with E-state index < -0.39 is 0 Å². The van der Waals surface area contributed by atoms with Crippen LogP contribution in [-0.4, -0.2) is 46.8 Å². The first kappa shape index (κ1) is 15.7. The average molecular weight is 317 g/mol. The Morgan fingerprint density at radius 3 is 2.83 bits per heavy atom. The van der Waals surface area contributed by atoms with Gasteiger partial charge in [0.1, 0.15) is 11.5 Å². The van der Waals surface area contributed by atoms with Crippen molar-refractivity contribution in [1.29, 1.82) is 0 Å². The molecule has 23 heavy (non-hydrogen) atoms. The summed E-state index contributed by atoms with van der Waals surface area (Å²) >= 11 is 0. The Kier molecular flexibility index (Phi) is 4.71. The Bertz CT molecular complexity index is 642. The van der Waals surface area contributed by atoms with Gasteiger partial charge in [-0.15, -0.1) is 0 Å². The molecule has 2 atom stereocenters. The summed E-state index contributed by atoms with van der Waals surface area (Å²) in [5.74, 6) is -0.331. The number of H-pyrrole nitrogens is 1. The summed E-state index contributed by atoms with van der Waals surface area (Å²) in [7, 11) is 1.67. The van der Waals surface area contributed by atoms with Gasteiger partial charge in [0, 0.05) is 19.9 Å². The molecule has 0 spiro atoms. The van der Waals surface area contributed by atoms with Crippen LogP contribution in [0.1, 0.15) is 28.9 Å². The molecule has 122 valence electrons. The number of carbonyl (C=O) groups excluding carboxylic acids is 1. The number of piperidine rings is 1. The van der Waals surface area contributed by atoms with Crippen molar-refractivity contribution in [3.8, 4) is 0 Å². The zero-order chi connectivity index (χ0) is 16.2. The lowest BCUT2D eigenvalue weighted by atomic mass is 9.92. The number of aromatic nitrogens is 2. The van der Waals surface area contributed by atoms with Gasteiger partial charge in [0.15, 0.2) is 0 Å². The highest BCUT2D eigenvalue weighted by atomic mass is 19.1. The van der Waals surface area contributed by atoms with Crippen molar-refractivity contribution < 1.29 is 13.9 Å². The van der Waals surface area contributed by atoms with Crippen molar-refractivity contribution in [2.24, 2.45) is 0 Å². The molecule has 0 saturated carbocycles. The molecule has 1 aliphatic rings. The molecular formula is C17H20FN3O2.